The molecule has 0 unspecified atom stereocenters. The van der Waals surface area contributed by atoms with E-state index in [1.54, 1.807) is 43.0 Å². The predicted molar refractivity (Wildman–Crippen MR) is 212 cm³/mol. The number of rotatable bonds is 6. The summed E-state index contributed by atoms with van der Waals surface area (Å²) in [7, 11) is 0. The molecule has 1 aliphatic carbocycles. The van der Waals surface area contributed by atoms with Crippen LogP contribution in [-0.2, 0) is 14.2 Å². The maximum absolute atomic E-state index is 12.5. The molecule has 4 aromatic rings. The quantitative estimate of drug-likeness (QED) is 0.108. The number of aromatic nitrogens is 4. The number of carbonyl (C=O) groups excluding carboxylic acids is 3. The van der Waals surface area contributed by atoms with Crippen molar-refractivity contribution >= 4 is 80.6 Å². The first-order valence-corrected chi connectivity index (χ1v) is 19.2. The van der Waals surface area contributed by atoms with Crippen LogP contribution in [0.5, 0.6) is 0 Å². The molecule has 1 aliphatic heterocycles. The van der Waals surface area contributed by atoms with Crippen LogP contribution in [0.4, 0.5) is 10.5 Å². The number of hydrogen-bond donors (Lipinski definition) is 2. The minimum atomic E-state index is -0.526. The van der Waals surface area contributed by atoms with Gasteiger partial charge in [0.1, 0.15) is 32.5 Å². The molecule has 2 aliphatic rings. The molecule has 292 valence electrons. The lowest BCUT2D eigenvalue weighted by Crippen LogP contribution is -2.44. The highest BCUT2D eigenvalue weighted by atomic mass is 35.5. The van der Waals surface area contributed by atoms with Gasteiger partial charge >= 0.3 is 18.0 Å². The summed E-state index contributed by atoms with van der Waals surface area (Å²) >= 11 is 17.9. The van der Waals surface area contributed by atoms with Gasteiger partial charge in [0.2, 0.25) is 0 Å². The van der Waals surface area contributed by atoms with Gasteiger partial charge in [-0.15, -0.1) is 0 Å². The topological polar surface area (TPSA) is 172 Å². The first-order valence-electron chi connectivity index (χ1n) is 18.1. The number of carbonyl (C=O) groups is 3. The molecule has 3 N–H and O–H groups in total. The summed E-state index contributed by atoms with van der Waals surface area (Å²) < 4.78 is 15.5. The monoisotopic (exact) mass is 803 g/mol. The molecule has 6 rings (SSSR count). The van der Waals surface area contributed by atoms with Crippen molar-refractivity contribution in [1.29, 1.82) is 0 Å². The number of halogens is 3. The van der Waals surface area contributed by atoms with Crippen LogP contribution in [0.1, 0.15) is 100 Å². The van der Waals surface area contributed by atoms with Gasteiger partial charge in [-0.05, 0) is 84.6 Å². The smallest absolute Gasteiger partial charge is 0.410 e. The maximum Gasteiger partial charge on any atom is 0.410 e. The highest BCUT2D eigenvalue weighted by Crippen LogP contribution is 2.30. The average molecular weight is 805 g/mol. The molecule has 0 atom stereocenters. The van der Waals surface area contributed by atoms with Gasteiger partial charge in [0.05, 0.1) is 40.5 Å². The molecule has 5 heterocycles. The van der Waals surface area contributed by atoms with E-state index in [0.717, 1.165) is 0 Å². The second-order valence-corrected chi connectivity index (χ2v) is 14.9. The van der Waals surface area contributed by atoms with Crippen molar-refractivity contribution in [3.05, 3.63) is 63.1 Å². The molecule has 0 bridgehead atoms. The lowest BCUT2D eigenvalue weighted by Gasteiger charge is -2.34. The van der Waals surface area contributed by atoms with E-state index in [9.17, 15) is 14.4 Å². The second-order valence-electron chi connectivity index (χ2n) is 13.8. The fourth-order valence-electron chi connectivity index (χ4n) is 5.79. The Bertz CT molecular complexity index is 1910. The number of fused-ring (bicyclic) bond motifs is 2. The molecule has 1 saturated carbocycles. The molecule has 0 spiro atoms. The minimum Gasteiger partial charge on any atom is -0.462 e. The molecule has 1 saturated heterocycles. The van der Waals surface area contributed by atoms with Gasteiger partial charge in [0.15, 0.2) is 0 Å². The molecule has 4 aromatic heterocycles. The van der Waals surface area contributed by atoms with Crippen molar-refractivity contribution in [2.24, 2.45) is 5.73 Å². The van der Waals surface area contributed by atoms with E-state index >= 15 is 0 Å². The van der Waals surface area contributed by atoms with Crippen LogP contribution in [0, 0.1) is 0 Å². The van der Waals surface area contributed by atoms with E-state index in [1.807, 2.05) is 20.8 Å². The van der Waals surface area contributed by atoms with Gasteiger partial charge < -0.3 is 30.2 Å². The number of amides is 1. The summed E-state index contributed by atoms with van der Waals surface area (Å²) in [6, 6.07) is 7.29. The largest absolute Gasteiger partial charge is 0.462 e. The van der Waals surface area contributed by atoms with Gasteiger partial charge in [-0.2, -0.15) is 0 Å². The first kappa shape index (κ1) is 42.7. The lowest BCUT2D eigenvalue weighted by molar-refractivity contribution is 0.0210. The summed E-state index contributed by atoms with van der Waals surface area (Å²) in [5.41, 5.74) is 8.28. The molecule has 0 aromatic carbocycles. The van der Waals surface area contributed by atoms with Crippen molar-refractivity contribution in [3.63, 3.8) is 0 Å². The van der Waals surface area contributed by atoms with Gasteiger partial charge in [-0.3, -0.25) is 9.97 Å². The number of piperidine rings is 1. The van der Waals surface area contributed by atoms with Crippen LogP contribution in [0.2, 0.25) is 15.3 Å². The third kappa shape index (κ3) is 12.2. The summed E-state index contributed by atoms with van der Waals surface area (Å²) in [6.45, 7) is 10.7. The normalized spacial score (nSPS) is 15.0. The van der Waals surface area contributed by atoms with Crippen molar-refractivity contribution < 1.29 is 28.6 Å². The minimum absolute atomic E-state index is 0.0447. The number of likely N-dealkylation sites (tertiary alicyclic amines) is 1. The number of esters is 2. The van der Waals surface area contributed by atoms with E-state index in [-0.39, 0.29) is 35.9 Å². The van der Waals surface area contributed by atoms with Crippen LogP contribution >= 0.6 is 34.8 Å². The SMILES string of the molecule is CCOC(=O)c1cnc2ccc(Cl)nc2c1Cl.CCOC(=O)c1cnc2ccc(Cl)nc2c1NC1CCN(C(=O)OC(C)(C)C)CC1.NC1CCCCC1. The van der Waals surface area contributed by atoms with Crippen LogP contribution < -0.4 is 11.1 Å². The number of ether oxygens (including phenoxy) is 3. The van der Waals surface area contributed by atoms with E-state index in [4.69, 9.17) is 54.7 Å². The summed E-state index contributed by atoms with van der Waals surface area (Å²) in [4.78, 5) is 54.9. The Morgan fingerprint density at radius 3 is 1.83 bits per heavy atom. The highest BCUT2D eigenvalue weighted by molar-refractivity contribution is 6.38. The highest BCUT2D eigenvalue weighted by Gasteiger charge is 2.28. The number of pyridine rings is 4. The zero-order chi connectivity index (χ0) is 39.4. The Hall–Kier alpha value is -4.04. The van der Waals surface area contributed by atoms with Crippen molar-refractivity contribution in [2.75, 3.05) is 31.6 Å². The number of nitrogens with one attached hydrogen (secondary N) is 1. The first-order chi connectivity index (χ1) is 25.7. The van der Waals surface area contributed by atoms with Crippen molar-refractivity contribution in [1.82, 2.24) is 24.8 Å². The Labute approximate surface area is 330 Å². The molecule has 54 heavy (non-hydrogen) atoms. The average Bonchev–Trinajstić information content (AvgIpc) is 3.13. The third-order valence-electron chi connectivity index (χ3n) is 8.43. The van der Waals surface area contributed by atoms with Crippen LogP contribution in [0.25, 0.3) is 22.1 Å². The van der Waals surface area contributed by atoms with E-state index in [0.29, 0.717) is 75.6 Å². The van der Waals surface area contributed by atoms with Gasteiger partial charge in [0.25, 0.3) is 0 Å². The molecular weight excluding hydrogens is 757 g/mol. The molecule has 16 heteroatoms. The lowest BCUT2D eigenvalue weighted by atomic mass is 9.97. The Kier molecular flexibility index (Phi) is 15.8. The zero-order valence-corrected chi connectivity index (χ0v) is 33.6. The Balaban J connectivity index is 0.000000224. The summed E-state index contributed by atoms with van der Waals surface area (Å²) in [6.07, 6.45) is 10.6. The molecule has 1 amide bonds. The Morgan fingerprint density at radius 1 is 0.796 bits per heavy atom. The number of nitrogens with zero attached hydrogens (tertiary/aromatic N) is 5. The van der Waals surface area contributed by atoms with Crippen LogP contribution in [-0.4, -0.2) is 86.9 Å². The number of hydrogen-bond acceptors (Lipinski definition) is 12. The van der Waals surface area contributed by atoms with Gasteiger partial charge in [0, 0.05) is 37.6 Å². The predicted octanol–water partition coefficient (Wildman–Crippen LogP) is 8.66. The van der Waals surface area contributed by atoms with Crippen molar-refractivity contribution in [2.45, 2.75) is 97.2 Å². The van der Waals surface area contributed by atoms with Gasteiger partial charge in [-0.25, -0.2) is 24.4 Å². The standard InChI is InChI=1S/C21H27ClN4O4.C11H8Cl2N2O2.C6H13N/c1-5-29-19(27)14-12-23-15-6-7-16(22)25-18(15)17(14)24-13-8-10-26(11-9-13)20(28)30-21(2,3)4;1-2-17-11(16)6-5-14-7-3-4-8(12)15-10(7)9(6)13;7-6-4-2-1-3-5-6/h6-7,12-13H,5,8-11H2,1-4H3,(H,23,24);3-5H,2H2,1H3;6H,1-5,7H2. The van der Waals surface area contributed by atoms with Gasteiger partial charge in [-0.1, -0.05) is 54.1 Å². The fraction of sp³-hybridized carbons (Fsp3) is 0.500. The van der Waals surface area contributed by atoms with E-state index in [2.05, 4.69) is 25.3 Å². The maximum atomic E-state index is 12.5. The third-order valence-corrected chi connectivity index (χ3v) is 9.24. The molecule has 0 radical (unpaired) electrons. The molecule has 13 nitrogen and oxygen atoms in total. The summed E-state index contributed by atoms with van der Waals surface area (Å²) in [5.74, 6) is -0.990. The van der Waals surface area contributed by atoms with E-state index < -0.39 is 17.5 Å². The zero-order valence-electron chi connectivity index (χ0n) is 31.3. The molecular formula is C38H48Cl3N7O6. The van der Waals surface area contributed by atoms with E-state index in [1.165, 1.54) is 44.5 Å². The second kappa shape index (κ2) is 20.0. The number of anilines is 1. The van der Waals surface area contributed by atoms with Crippen LogP contribution in [0.15, 0.2) is 36.7 Å². The fourth-order valence-corrected chi connectivity index (χ4v) is 6.35. The summed E-state index contributed by atoms with van der Waals surface area (Å²) in [5, 5.41) is 4.24. The van der Waals surface area contributed by atoms with Crippen LogP contribution in [0.3, 0.4) is 0 Å². The van der Waals surface area contributed by atoms with Crippen molar-refractivity contribution in [3.8, 4) is 0 Å². The number of nitrogens with two attached hydrogens (primary N) is 1. The Morgan fingerprint density at radius 2 is 1.31 bits per heavy atom. The molecule has 2 fully saturated rings.